The molecule has 2 aromatic carbocycles. The Morgan fingerprint density at radius 1 is 1.27 bits per heavy atom. The molecule has 9 heteroatoms. The number of carbonyl (C=O) groups is 1. The van der Waals surface area contributed by atoms with Crippen molar-refractivity contribution in [3.8, 4) is 11.3 Å². The summed E-state index contributed by atoms with van der Waals surface area (Å²) < 4.78 is 0.968. The quantitative estimate of drug-likeness (QED) is 0.407. The van der Waals surface area contributed by atoms with Crippen molar-refractivity contribution in [2.45, 2.75) is 6.92 Å². The molecule has 0 atom stereocenters. The summed E-state index contributed by atoms with van der Waals surface area (Å²) in [4.78, 5) is 28.0. The zero-order valence-electron chi connectivity index (χ0n) is 13.3. The third-order valence-electron chi connectivity index (χ3n) is 3.54. The van der Waals surface area contributed by atoms with Crippen LogP contribution < -0.4 is 5.32 Å². The van der Waals surface area contributed by atoms with E-state index in [9.17, 15) is 14.9 Å². The van der Waals surface area contributed by atoms with Crippen molar-refractivity contribution in [3.63, 3.8) is 0 Å². The second kappa shape index (κ2) is 7.53. The highest BCUT2D eigenvalue weighted by molar-refractivity contribution is 9.10. The molecular weight excluding hydrogens is 442 g/mol. The second-order valence-electron chi connectivity index (χ2n) is 5.31. The average Bonchev–Trinajstić information content (AvgIpc) is 2.95. The fourth-order valence-corrected chi connectivity index (χ4v) is 3.65. The Labute approximate surface area is 166 Å². The van der Waals surface area contributed by atoms with Crippen molar-refractivity contribution in [3.05, 3.63) is 72.5 Å². The third-order valence-corrected chi connectivity index (χ3v) is 5.27. The van der Waals surface area contributed by atoms with E-state index in [2.05, 4.69) is 26.2 Å². The number of rotatable bonds is 4. The maximum Gasteiger partial charge on any atom is 0.270 e. The number of benzene rings is 2. The molecule has 0 bridgehead atoms. The number of nitro groups is 1. The summed E-state index contributed by atoms with van der Waals surface area (Å²) in [5.41, 5.74) is 1.70. The maximum absolute atomic E-state index is 12.4. The van der Waals surface area contributed by atoms with Crippen LogP contribution in [0, 0.1) is 17.0 Å². The van der Waals surface area contributed by atoms with E-state index in [1.807, 2.05) is 31.2 Å². The van der Waals surface area contributed by atoms with Gasteiger partial charge in [-0.1, -0.05) is 39.7 Å². The number of carbonyl (C=O) groups excluding carboxylic acids is 1. The molecule has 3 aromatic rings. The van der Waals surface area contributed by atoms with E-state index in [-0.39, 0.29) is 16.3 Å². The van der Waals surface area contributed by atoms with Gasteiger partial charge in [0, 0.05) is 27.0 Å². The van der Waals surface area contributed by atoms with Gasteiger partial charge in [-0.3, -0.25) is 20.2 Å². The van der Waals surface area contributed by atoms with Crippen LogP contribution in [0.15, 0.2) is 46.9 Å². The number of nitro benzene ring substituents is 1. The van der Waals surface area contributed by atoms with E-state index in [4.69, 9.17) is 11.6 Å². The molecule has 1 aromatic heterocycles. The Kier molecular flexibility index (Phi) is 5.36. The zero-order valence-corrected chi connectivity index (χ0v) is 16.5. The lowest BCUT2D eigenvalue weighted by atomic mass is 10.1. The topological polar surface area (TPSA) is 85.1 Å². The van der Waals surface area contributed by atoms with E-state index < -0.39 is 10.8 Å². The molecule has 0 aliphatic carbocycles. The van der Waals surface area contributed by atoms with Gasteiger partial charge >= 0.3 is 0 Å². The van der Waals surface area contributed by atoms with Crippen LogP contribution in [0.4, 0.5) is 10.8 Å². The standard InChI is InChI=1S/C17H11BrClN3O3S/c1-9-15(10-2-4-11(18)5-3-10)20-17(26-9)21-16(23)13-7-6-12(22(24)25)8-14(13)19/h2-8H,1H3,(H,20,21,23). The molecule has 1 N–H and O–H groups in total. The molecule has 3 rings (SSSR count). The normalized spacial score (nSPS) is 10.6. The predicted molar refractivity (Wildman–Crippen MR) is 106 cm³/mol. The number of halogens is 2. The van der Waals surface area contributed by atoms with Crippen molar-refractivity contribution in [2.75, 3.05) is 5.32 Å². The Morgan fingerprint density at radius 2 is 1.96 bits per heavy atom. The summed E-state index contributed by atoms with van der Waals surface area (Å²) in [5.74, 6) is -0.471. The lowest BCUT2D eigenvalue weighted by Gasteiger charge is -2.04. The number of hydrogen-bond donors (Lipinski definition) is 1. The molecule has 0 saturated heterocycles. The first-order valence-corrected chi connectivity index (χ1v) is 9.32. The van der Waals surface area contributed by atoms with E-state index in [0.29, 0.717) is 5.13 Å². The fourth-order valence-electron chi connectivity index (χ4n) is 2.29. The Morgan fingerprint density at radius 3 is 2.58 bits per heavy atom. The molecule has 0 fully saturated rings. The highest BCUT2D eigenvalue weighted by Crippen LogP contribution is 2.32. The number of nitrogens with zero attached hydrogens (tertiary/aromatic N) is 2. The zero-order chi connectivity index (χ0) is 18.8. The van der Waals surface area contributed by atoms with Crippen LogP contribution in [-0.4, -0.2) is 15.8 Å². The van der Waals surface area contributed by atoms with Crippen LogP contribution in [0.2, 0.25) is 5.02 Å². The largest absolute Gasteiger partial charge is 0.298 e. The number of nitrogens with one attached hydrogen (secondary N) is 1. The van der Waals surface area contributed by atoms with Gasteiger partial charge < -0.3 is 0 Å². The first kappa shape index (κ1) is 18.5. The minimum absolute atomic E-state index is 0.0121. The van der Waals surface area contributed by atoms with Gasteiger partial charge in [-0.05, 0) is 25.1 Å². The molecule has 1 amide bonds. The first-order valence-electron chi connectivity index (χ1n) is 7.34. The minimum Gasteiger partial charge on any atom is -0.298 e. The lowest BCUT2D eigenvalue weighted by molar-refractivity contribution is -0.384. The molecule has 0 aliphatic heterocycles. The van der Waals surface area contributed by atoms with E-state index in [1.54, 1.807) is 0 Å². The van der Waals surface area contributed by atoms with Gasteiger partial charge in [0.1, 0.15) is 0 Å². The Bertz CT molecular complexity index is 1000. The second-order valence-corrected chi connectivity index (χ2v) is 7.83. The van der Waals surface area contributed by atoms with Crippen molar-refractivity contribution >= 4 is 55.6 Å². The number of non-ortho nitro benzene ring substituents is 1. The Hall–Kier alpha value is -2.29. The van der Waals surface area contributed by atoms with E-state index in [0.717, 1.165) is 26.7 Å². The van der Waals surface area contributed by atoms with Crippen LogP contribution in [0.5, 0.6) is 0 Å². The van der Waals surface area contributed by atoms with Crippen molar-refractivity contribution < 1.29 is 9.72 Å². The molecule has 6 nitrogen and oxygen atoms in total. The first-order chi connectivity index (χ1) is 12.3. The lowest BCUT2D eigenvalue weighted by Crippen LogP contribution is -2.12. The van der Waals surface area contributed by atoms with Crippen LogP contribution in [-0.2, 0) is 0 Å². The van der Waals surface area contributed by atoms with Gasteiger partial charge in [0.05, 0.1) is 21.2 Å². The molecule has 26 heavy (non-hydrogen) atoms. The van der Waals surface area contributed by atoms with Gasteiger partial charge in [0.25, 0.3) is 11.6 Å². The Balaban J connectivity index is 1.83. The van der Waals surface area contributed by atoms with Crippen molar-refractivity contribution in [1.29, 1.82) is 0 Å². The highest BCUT2D eigenvalue weighted by atomic mass is 79.9. The molecule has 0 aliphatic rings. The molecule has 0 radical (unpaired) electrons. The summed E-state index contributed by atoms with van der Waals surface area (Å²) in [5, 5.41) is 13.9. The molecule has 1 heterocycles. The number of aromatic nitrogens is 1. The predicted octanol–water partition coefficient (Wildman–Crippen LogP) is 5.69. The summed E-state index contributed by atoms with van der Waals surface area (Å²) in [6, 6.07) is 11.4. The van der Waals surface area contributed by atoms with Gasteiger partial charge in [0.2, 0.25) is 0 Å². The van der Waals surface area contributed by atoms with Gasteiger partial charge in [-0.15, -0.1) is 11.3 Å². The fraction of sp³-hybridized carbons (Fsp3) is 0.0588. The SMILES string of the molecule is Cc1sc(NC(=O)c2ccc([N+](=O)[O-])cc2Cl)nc1-c1ccc(Br)cc1. The van der Waals surface area contributed by atoms with Crippen LogP contribution in [0.1, 0.15) is 15.2 Å². The van der Waals surface area contributed by atoms with Crippen LogP contribution in [0.25, 0.3) is 11.3 Å². The van der Waals surface area contributed by atoms with E-state index in [1.165, 1.54) is 23.5 Å². The number of aryl methyl sites for hydroxylation is 1. The average molecular weight is 453 g/mol. The monoisotopic (exact) mass is 451 g/mol. The van der Waals surface area contributed by atoms with Gasteiger partial charge in [0.15, 0.2) is 5.13 Å². The summed E-state index contributed by atoms with van der Waals surface area (Å²) in [6.45, 7) is 1.92. The third kappa shape index (κ3) is 3.92. The number of anilines is 1. The number of hydrogen-bond acceptors (Lipinski definition) is 5. The summed E-state index contributed by atoms with van der Waals surface area (Å²) in [6.07, 6.45) is 0. The molecule has 0 saturated carbocycles. The minimum atomic E-state index is -0.567. The maximum atomic E-state index is 12.4. The highest BCUT2D eigenvalue weighted by Gasteiger charge is 2.17. The van der Waals surface area contributed by atoms with E-state index >= 15 is 0 Å². The smallest absolute Gasteiger partial charge is 0.270 e. The summed E-state index contributed by atoms with van der Waals surface area (Å²) >= 11 is 10.7. The molecular formula is C17H11BrClN3O3S. The molecule has 0 unspecified atom stereocenters. The van der Waals surface area contributed by atoms with Crippen molar-refractivity contribution in [2.24, 2.45) is 0 Å². The number of amides is 1. The van der Waals surface area contributed by atoms with Crippen LogP contribution >= 0.6 is 38.9 Å². The molecule has 132 valence electrons. The van der Waals surface area contributed by atoms with Gasteiger partial charge in [-0.2, -0.15) is 0 Å². The summed E-state index contributed by atoms with van der Waals surface area (Å²) in [7, 11) is 0. The number of thiazole rings is 1. The molecule has 0 spiro atoms. The van der Waals surface area contributed by atoms with Gasteiger partial charge in [-0.25, -0.2) is 4.98 Å². The van der Waals surface area contributed by atoms with Crippen LogP contribution in [0.3, 0.4) is 0 Å². The van der Waals surface area contributed by atoms with Crippen molar-refractivity contribution in [1.82, 2.24) is 4.98 Å².